The van der Waals surface area contributed by atoms with Crippen molar-refractivity contribution in [2.45, 2.75) is 13.0 Å². The van der Waals surface area contributed by atoms with Gasteiger partial charge < -0.3 is 15.4 Å². The quantitative estimate of drug-likeness (QED) is 0.472. The number of hydrogen-bond donors (Lipinski definition) is 2. The smallest absolute Gasteiger partial charge is 0.337 e. The molecule has 0 saturated carbocycles. The summed E-state index contributed by atoms with van der Waals surface area (Å²) >= 11 is 0. The van der Waals surface area contributed by atoms with Gasteiger partial charge in [0, 0.05) is 25.7 Å². The lowest BCUT2D eigenvalue weighted by atomic mass is 10.1. The highest BCUT2D eigenvalue weighted by molar-refractivity contribution is 5.89. The Morgan fingerprint density at radius 3 is 2.50 bits per heavy atom. The summed E-state index contributed by atoms with van der Waals surface area (Å²) in [7, 11) is 2.94. The zero-order chi connectivity index (χ0) is 18.9. The van der Waals surface area contributed by atoms with Crippen LogP contribution in [0.15, 0.2) is 47.5 Å². The van der Waals surface area contributed by atoms with Crippen LogP contribution < -0.4 is 10.6 Å². The molecule has 0 amide bonds. The molecule has 2 N–H and O–H groups in total. The fourth-order valence-corrected chi connectivity index (χ4v) is 2.33. The van der Waals surface area contributed by atoms with Gasteiger partial charge in [0.15, 0.2) is 5.96 Å². The summed E-state index contributed by atoms with van der Waals surface area (Å²) in [5.74, 6) is -0.842. The van der Waals surface area contributed by atoms with Crippen molar-refractivity contribution < 1.29 is 18.3 Å². The molecule has 138 valence electrons. The molecule has 2 aromatic carbocycles. The Morgan fingerprint density at radius 1 is 1.12 bits per heavy atom. The first kappa shape index (κ1) is 19.4. The van der Waals surface area contributed by atoms with Gasteiger partial charge in [-0.25, -0.2) is 13.6 Å². The third kappa shape index (κ3) is 5.54. The zero-order valence-electron chi connectivity index (χ0n) is 14.7. The van der Waals surface area contributed by atoms with E-state index in [2.05, 4.69) is 20.4 Å². The highest BCUT2D eigenvalue weighted by Gasteiger charge is 2.06. The van der Waals surface area contributed by atoms with Crippen molar-refractivity contribution in [3.63, 3.8) is 0 Å². The molecule has 2 aromatic rings. The second-order valence-corrected chi connectivity index (χ2v) is 5.53. The number of guanidine groups is 1. The Balaban J connectivity index is 1.81. The second kappa shape index (κ2) is 9.50. The third-order valence-corrected chi connectivity index (χ3v) is 3.76. The Hall–Kier alpha value is -2.96. The Kier molecular flexibility index (Phi) is 7.08. The van der Waals surface area contributed by atoms with E-state index in [9.17, 15) is 13.6 Å². The molecule has 0 atom stereocenters. The van der Waals surface area contributed by atoms with Crippen molar-refractivity contribution in [2.75, 3.05) is 20.7 Å². The number of ether oxygens (including phenoxy) is 1. The van der Waals surface area contributed by atoms with Gasteiger partial charge >= 0.3 is 5.97 Å². The predicted molar refractivity (Wildman–Crippen MR) is 96.0 cm³/mol. The molecule has 0 fully saturated rings. The first-order valence-corrected chi connectivity index (χ1v) is 8.09. The van der Waals surface area contributed by atoms with Crippen LogP contribution >= 0.6 is 0 Å². The van der Waals surface area contributed by atoms with Crippen LogP contribution in [0.5, 0.6) is 0 Å². The number of esters is 1. The zero-order valence-corrected chi connectivity index (χ0v) is 14.7. The molecular formula is C19H21F2N3O2. The average Bonchev–Trinajstić information content (AvgIpc) is 2.66. The van der Waals surface area contributed by atoms with Crippen LogP contribution in [0.2, 0.25) is 0 Å². The van der Waals surface area contributed by atoms with E-state index in [4.69, 9.17) is 0 Å². The Bertz CT molecular complexity index is 777. The van der Waals surface area contributed by atoms with E-state index in [0.29, 0.717) is 24.5 Å². The van der Waals surface area contributed by atoms with Gasteiger partial charge in [-0.15, -0.1) is 0 Å². The maximum absolute atomic E-state index is 13.6. The van der Waals surface area contributed by atoms with Gasteiger partial charge in [0.25, 0.3) is 0 Å². The lowest BCUT2D eigenvalue weighted by Gasteiger charge is -2.12. The van der Waals surface area contributed by atoms with Crippen LogP contribution in [0.1, 0.15) is 21.5 Å². The van der Waals surface area contributed by atoms with E-state index in [-0.39, 0.29) is 18.1 Å². The predicted octanol–water partition coefficient (Wildman–Crippen LogP) is 2.66. The molecule has 0 unspecified atom stereocenters. The molecule has 2 rings (SSSR count). The average molecular weight is 361 g/mol. The molecule has 0 aliphatic rings. The summed E-state index contributed by atoms with van der Waals surface area (Å²) < 4.78 is 31.4. The number of nitrogens with zero attached hydrogens (tertiary/aromatic N) is 1. The Labute approximate surface area is 151 Å². The van der Waals surface area contributed by atoms with Crippen LogP contribution in [-0.4, -0.2) is 32.6 Å². The summed E-state index contributed by atoms with van der Waals surface area (Å²) in [6, 6.07) is 10.5. The summed E-state index contributed by atoms with van der Waals surface area (Å²) in [5.41, 5.74) is 1.77. The molecule has 7 heteroatoms. The van der Waals surface area contributed by atoms with Gasteiger partial charge in [0.05, 0.1) is 12.7 Å². The summed E-state index contributed by atoms with van der Waals surface area (Å²) in [4.78, 5) is 15.4. The summed E-state index contributed by atoms with van der Waals surface area (Å²) in [6.45, 7) is 0.708. The van der Waals surface area contributed by atoms with Crippen LogP contribution in [0.4, 0.5) is 8.78 Å². The number of hydrogen-bond acceptors (Lipinski definition) is 3. The lowest BCUT2D eigenvalue weighted by Crippen LogP contribution is -2.38. The largest absolute Gasteiger partial charge is 0.465 e. The number of aliphatic imine (C=N–C) groups is 1. The second-order valence-electron chi connectivity index (χ2n) is 5.53. The standard InChI is InChI=1S/C19H21F2N3O2/c1-22-19(24-12-15-11-16(20)7-8-17(15)21)23-10-9-13-3-5-14(6-4-13)18(25)26-2/h3-8,11H,9-10,12H2,1-2H3,(H2,22,23,24). The number of nitrogens with one attached hydrogen (secondary N) is 2. The van der Waals surface area contributed by atoms with Crippen molar-refractivity contribution in [3.8, 4) is 0 Å². The lowest BCUT2D eigenvalue weighted by molar-refractivity contribution is 0.0600. The molecule has 0 spiro atoms. The number of halogens is 2. The monoisotopic (exact) mass is 361 g/mol. The number of rotatable bonds is 6. The summed E-state index contributed by atoms with van der Waals surface area (Å²) in [6.07, 6.45) is 0.705. The Morgan fingerprint density at radius 2 is 1.85 bits per heavy atom. The van der Waals surface area contributed by atoms with E-state index in [1.54, 1.807) is 19.2 Å². The highest BCUT2D eigenvalue weighted by Crippen LogP contribution is 2.09. The van der Waals surface area contributed by atoms with Crippen LogP contribution in [0.25, 0.3) is 0 Å². The van der Waals surface area contributed by atoms with Gasteiger partial charge in [-0.3, -0.25) is 4.99 Å². The minimum atomic E-state index is -0.485. The van der Waals surface area contributed by atoms with Crippen molar-refractivity contribution in [3.05, 3.63) is 70.8 Å². The van der Waals surface area contributed by atoms with E-state index in [1.807, 2.05) is 12.1 Å². The minimum absolute atomic E-state index is 0.122. The van der Waals surface area contributed by atoms with Gasteiger partial charge in [0.1, 0.15) is 11.6 Å². The summed E-state index contributed by atoms with van der Waals surface area (Å²) in [5, 5.41) is 6.04. The minimum Gasteiger partial charge on any atom is -0.465 e. The van der Waals surface area contributed by atoms with Gasteiger partial charge in [-0.2, -0.15) is 0 Å². The number of methoxy groups -OCH3 is 1. The molecule has 26 heavy (non-hydrogen) atoms. The molecule has 5 nitrogen and oxygen atoms in total. The van der Waals surface area contributed by atoms with Crippen molar-refractivity contribution in [1.82, 2.24) is 10.6 Å². The van der Waals surface area contributed by atoms with Gasteiger partial charge in [0.2, 0.25) is 0 Å². The number of benzene rings is 2. The normalized spacial score (nSPS) is 11.2. The molecule has 0 aliphatic carbocycles. The molecule has 0 aromatic heterocycles. The molecular weight excluding hydrogens is 340 g/mol. The van der Waals surface area contributed by atoms with E-state index in [1.165, 1.54) is 7.11 Å². The fraction of sp³-hybridized carbons (Fsp3) is 0.263. The molecule has 0 saturated heterocycles. The first-order valence-electron chi connectivity index (χ1n) is 8.09. The SMILES string of the molecule is CN=C(NCCc1ccc(C(=O)OC)cc1)NCc1cc(F)ccc1F. The topological polar surface area (TPSA) is 62.7 Å². The number of carbonyl (C=O) groups is 1. The van der Waals surface area contributed by atoms with Crippen LogP contribution in [-0.2, 0) is 17.7 Å². The highest BCUT2D eigenvalue weighted by atomic mass is 19.1. The molecule has 0 heterocycles. The van der Waals surface area contributed by atoms with Gasteiger partial charge in [-0.1, -0.05) is 12.1 Å². The van der Waals surface area contributed by atoms with Gasteiger partial charge in [-0.05, 0) is 42.3 Å². The molecule has 0 bridgehead atoms. The third-order valence-electron chi connectivity index (χ3n) is 3.76. The van der Waals surface area contributed by atoms with E-state index in [0.717, 1.165) is 23.8 Å². The van der Waals surface area contributed by atoms with Crippen LogP contribution in [0.3, 0.4) is 0 Å². The first-order chi connectivity index (χ1) is 12.5. The van der Waals surface area contributed by atoms with E-state index >= 15 is 0 Å². The van der Waals surface area contributed by atoms with Crippen molar-refractivity contribution >= 4 is 11.9 Å². The fourth-order valence-electron chi connectivity index (χ4n) is 2.33. The maximum Gasteiger partial charge on any atom is 0.337 e. The molecule has 0 aliphatic heterocycles. The maximum atomic E-state index is 13.6. The van der Waals surface area contributed by atoms with Crippen molar-refractivity contribution in [1.29, 1.82) is 0 Å². The van der Waals surface area contributed by atoms with E-state index < -0.39 is 11.6 Å². The van der Waals surface area contributed by atoms with Crippen molar-refractivity contribution in [2.24, 2.45) is 4.99 Å². The van der Waals surface area contributed by atoms with Crippen LogP contribution in [0, 0.1) is 11.6 Å². The number of carbonyl (C=O) groups excluding carboxylic acids is 1. The molecule has 0 radical (unpaired) electrons.